The van der Waals surface area contributed by atoms with Crippen molar-refractivity contribution in [3.05, 3.63) is 12.4 Å². The molecule has 3 heteroatoms. The molecule has 8 heavy (non-hydrogen) atoms. The maximum Gasteiger partial charge on any atom is 0.145 e. The van der Waals surface area contributed by atoms with Crippen molar-refractivity contribution in [3.8, 4) is 0 Å². The van der Waals surface area contributed by atoms with Crippen LogP contribution >= 0.6 is 11.6 Å². The first-order chi connectivity index (χ1) is 3.66. The Morgan fingerprint density at radius 2 is 2.12 bits per heavy atom. The third-order valence-electron chi connectivity index (χ3n) is 0.466. The van der Waals surface area contributed by atoms with Crippen LogP contribution in [-0.4, -0.2) is 11.9 Å². The maximum atomic E-state index is 5.35. The van der Waals surface area contributed by atoms with Gasteiger partial charge in [-0.05, 0) is 13.6 Å². The molecular formula is C5H7ClN2. The molecule has 0 rings (SSSR count). The van der Waals surface area contributed by atoms with E-state index in [0.29, 0.717) is 11.0 Å². The topological polar surface area (TPSA) is 24.7 Å². The summed E-state index contributed by atoms with van der Waals surface area (Å²) in [6.07, 6.45) is 0. The van der Waals surface area contributed by atoms with Crippen molar-refractivity contribution in [3.63, 3.8) is 0 Å². The van der Waals surface area contributed by atoms with Crippen LogP contribution in [0.15, 0.2) is 22.4 Å². The van der Waals surface area contributed by atoms with Gasteiger partial charge in [0.15, 0.2) is 0 Å². The molecule has 0 atom stereocenters. The van der Waals surface area contributed by atoms with Crippen LogP contribution in [0.5, 0.6) is 0 Å². The molecule has 0 saturated carbocycles. The number of nitrogens with zero attached hydrogens (tertiary/aromatic N) is 2. The highest BCUT2D eigenvalue weighted by molar-refractivity contribution is 6.64. The molecule has 0 N–H and O–H groups in total. The summed E-state index contributed by atoms with van der Waals surface area (Å²) in [5, 5.41) is 0.419. The van der Waals surface area contributed by atoms with Gasteiger partial charge in [-0.3, -0.25) is 0 Å². The molecule has 0 spiro atoms. The molecule has 2 nitrogen and oxygen atoms in total. The fourth-order valence-electron chi connectivity index (χ4n) is 0.213. The van der Waals surface area contributed by atoms with Crippen molar-refractivity contribution in [1.82, 2.24) is 0 Å². The lowest BCUT2D eigenvalue weighted by molar-refractivity contribution is 1.28. The molecule has 0 aromatic carbocycles. The molecule has 0 fully saturated rings. The normalized spacial score (nSPS) is 11.0. The van der Waals surface area contributed by atoms with Crippen molar-refractivity contribution >= 4 is 23.5 Å². The Kier molecular flexibility index (Phi) is 3.12. The van der Waals surface area contributed by atoms with Crippen molar-refractivity contribution in [2.24, 2.45) is 9.98 Å². The standard InChI is InChI=1S/C5H7ClN2/c1-4(6)8-5(2)7-3/h2-3H2,1H3. The lowest BCUT2D eigenvalue weighted by atomic mass is 10.8. The number of rotatable bonds is 2. The van der Waals surface area contributed by atoms with Crippen LogP contribution in [0.3, 0.4) is 0 Å². The summed E-state index contributed by atoms with van der Waals surface area (Å²) < 4.78 is 0. The van der Waals surface area contributed by atoms with E-state index in [1.54, 1.807) is 6.92 Å². The molecule has 0 aliphatic carbocycles. The Hall–Kier alpha value is -0.630. The fraction of sp³-hybridized carbons (Fsp3) is 0.200. The van der Waals surface area contributed by atoms with Crippen LogP contribution in [-0.2, 0) is 0 Å². The summed E-state index contributed by atoms with van der Waals surface area (Å²) in [5.74, 6) is 0.345. The second kappa shape index (κ2) is 3.38. The zero-order chi connectivity index (χ0) is 6.57. The van der Waals surface area contributed by atoms with Crippen molar-refractivity contribution in [1.29, 1.82) is 0 Å². The minimum Gasteiger partial charge on any atom is -0.246 e. The fourth-order valence-corrected chi connectivity index (χ4v) is 0.311. The highest BCUT2D eigenvalue weighted by atomic mass is 35.5. The molecule has 0 bridgehead atoms. The van der Waals surface area contributed by atoms with Crippen LogP contribution in [0.4, 0.5) is 0 Å². The number of aliphatic imine (C=N–C) groups is 2. The van der Waals surface area contributed by atoms with Crippen LogP contribution in [0.1, 0.15) is 6.92 Å². The summed E-state index contributed by atoms with van der Waals surface area (Å²) in [4.78, 5) is 7.07. The number of hydrogen-bond donors (Lipinski definition) is 0. The van der Waals surface area contributed by atoms with E-state index in [1.807, 2.05) is 0 Å². The van der Waals surface area contributed by atoms with Crippen LogP contribution in [0.2, 0.25) is 0 Å². The van der Waals surface area contributed by atoms with E-state index in [9.17, 15) is 0 Å². The zero-order valence-electron chi connectivity index (χ0n) is 4.69. The Morgan fingerprint density at radius 1 is 1.62 bits per heavy atom. The Morgan fingerprint density at radius 3 is 2.25 bits per heavy atom. The first-order valence-corrected chi connectivity index (χ1v) is 2.41. The summed E-state index contributed by atoms with van der Waals surface area (Å²) >= 11 is 5.35. The van der Waals surface area contributed by atoms with Crippen LogP contribution in [0, 0.1) is 0 Å². The average Bonchev–Trinajstić information content (AvgIpc) is 1.65. The van der Waals surface area contributed by atoms with E-state index in [0.717, 1.165) is 0 Å². The lowest BCUT2D eigenvalue weighted by Crippen LogP contribution is -1.75. The smallest absolute Gasteiger partial charge is 0.145 e. The average molecular weight is 131 g/mol. The van der Waals surface area contributed by atoms with Gasteiger partial charge in [-0.2, -0.15) is 0 Å². The summed E-state index contributed by atoms with van der Waals surface area (Å²) in [6, 6.07) is 0. The highest BCUT2D eigenvalue weighted by Gasteiger charge is 1.81. The lowest BCUT2D eigenvalue weighted by Gasteiger charge is -1.85. The first-order valence-electron chi connectivity index (χ1n) is 2.03. The molecule has 0 aromatic heterocycles. The highest BCUT2D eigenvalue weighted by Crippen LogP contribution is 1.94. The molecular weight excluding hydrogens is 124 g/mol. The van der Waals surface area contributed by atoms with Gasteiger partial charge < -0.3 is 0 Å². The largest absolute Gasteiger partial charge is 0.246 e. The van der Waals surface area contributed by atoms with Gasteiger partial charge in [0, 0.05) is 0 Å². The SMILES string of the molecule is C=NC(=C)N=C(C)Cl. The Labute approximate surface area is 53.6 Å². The van der Waals surface area contributed by atoms with E-state index in [4.69, 9.17) is 11.6 Å². The van der Waals surface area contributed by atoms with Gasteiger partial charge in [-0.15, -0.1) is 0 Å². The third kappa shape index (κ3) is 3.56. The van der Waals surface area contributed by atoms with Gasteiger partial charge in [0.2, 0.25) is 0 Å². The van der Waals surface area contributed by atoms with E-state index in [-0.39, 0.29) is 0 Å². The molecule has 0 aliphatic heterocycles. The summed E-state index contributed by atoms with van der Waals surface area (Å²) in [6.45, 7) is 8.26. The zero-order valence-corrected chi connectivity index (χ0v) is 5.44. The summed E-state index contributed by atoms with van der Waals surface area (Å²) in [7, 11) is 0. The number of hydrogen-bond acceptors (Lipinski definition) is 2. The number of halogens is 1. The second-order valence-corrected chi connectivity index (χ2v) is 1.73. The van der Waals surface area contributed by atoms with E-state index in [2.05, 4.69) is 23.3 Å². The summed E-state index contributed by atoms with van der Waals surface area (Å²) in [5.41, 5.74) is 0. The molecule has 0 radical (unpaired) electrons. The second-order valence-electron chi connectivity index (χ2n) is 1.18. The molecule has 0 saturated heterocycles. The van der Waals surface area contributed by atoms with E-state index < -0.39 is 0 Å². The van der Waals surface area contributed by atoms with Crippen molar-refractivity contribution < 1.29 is 0 Å². The van der Waals surface area contributed by atoms with Gasteiger partial charge in [-0.1, -0.05) is 18.2 Å². The van der Waals surface area contributed by atoms with Gasteiger partial charge in [0.05, 0.1) is 0 Å². The van der Waals surface area contributed by atoms with Crippen molar-refractivity contribution in [2.45, 2.75) is 6.92 Å². The predicted octanol–water partition coefficient (Wildman–Crippen LogP) is 1.82. The Balaban J connectivity index is 3.89. The van der Waals surface area contributed by atoms with Crippen LogP contribution < -0.4 is 0 Å². The van der Waals surface area contributed by atoms with Gasteiger partial charge >= 0.3 is 0 Å². The molecule has 0 amide bonds. The van der Waals surface area contributed by atoms with E-state index in [1.165, 1.54) is 0 Å². The predicted molar refractivity (Wildman–Crippen MR) is 37.7 cm³/mol. The van der Waals surface area contributed by atoms with Gasteiger partial charge in [0.1, 0.15) is 11.0 Å². The monoisotopic (exact) mass is 130 g/mol. The van der Waals surface area contributed by atoms with Gasteiger partial charge in [0.25, 0.3) is 0 Å². The van der Waals surface area contributed by atoms with Gasteiger partial charge in [-0.25, -0.2) is 9.98 Å². The molecule has 0 heterocycles. The quantitative estimate of drug-likeness (QED) is 0.510. The minimum atomic E-state index is 0.345. The third-order valence-corrected chi connectivity index (χ3v) is 0.550. The molecule has 0 aromatic rings. The minimum absolute atomic E-state index is 0.345. The van der Waals surface area contributed by atoms with Crippen molar-refractivity contribution in [2.75, 3.05) is 0 Å². The van der Waals surface area contributed by atoms with E-state index >= 15 is 0 Å². The maximum absolute atomic E-state index is 5.35. The molecule has 44 valence electrons. The first kappa shape index (κ1) is 7.37. The van der Waals surface area contributed by atoms with Crippen LogP contribution in [0.25, 0.3) is 0 Å². The molecule has 0 aliphatic rings. The Bertz CT molecular complexity index is 133. The molecule has 0 unspecified atom stereocenters.